The first-order chi connectivity index (χ1) is 12.8. The van der Waals surface area contributed by atoms with E-state index >= 15 is 0 Å². The van der Waals surface area contributed by atoms with E-state index in [9.17, 15) is 9.59 Å². The lowest BCUT2D eigenvalue weighted by Crippen LogP contribution is -2.38. The molecule has 4 nitrogen and oxygen atoms in total. The van der Waals surface area contributed by atoms with Crippen LogP contribution in [0.15, 0.2) is 54.6 Å². The molecule has 0 aliphatic carbocycles. The number of aryl methyl sites for hydroxylation is 2. The Balaban J connectivity index is 1.68. The van der Waals surface area contributed by atoms with Gasteiger partial charge in [0.15, 0.2) is 0 Å². The van der Waals surface area contributed by atoms with Crippen LogP contribution < -0.4 is 0 Å². The van der Waals surface area contributed by atoms with Crippen LogP contribution in [0.1, 0.15) is 56.3 Å². The fourth-order valence-corrected chi connectivity index (χ4v) is 3.38. The second-order valence-corrected chi connectivity index (χ2v) is 8.03. The summed E-state index contributed by atoms with van der Waals surface area (Å²) in [5.41, 5.74) is 2.93. The Labute approximate surface area is 161 Å². The maximum Gasteiger partial charge on any atom is 0.417 e. The van der Waals surface area contributed by atoms with Gasteiger partial charge in [-0.3, -0.25) is 4.79 Å². The van der Waals surface area contributed by atoms with Crippen LogP contribution in [0.25, 0.3) is 0 Å². The minimum Gasteiger partial charge on any atom is -0.443 e. The van der Waals surface area contributed by atoms with E-state index in [0.29, 0.717) is 12.8 Å². The van der Waals surface area contributed by atoms with E-state index in [4.69, 9.17) is 4.74 Å². The lowest BCUT2D eigenvalue weighted by atomic mass is 9.99. The second-order valence-electron chi connectivity index (χ2n) is 8.03. The molecule has 27 heavy (non-hydrogen) atoms. The molecule has 1 saturated heterocycles. The smallest absolute Gasteiger partial charge is 0.417 e. The van der Waals surface area contributed by atoms with Gasteiger partial charge in [-0.25, -0.2) is 9.69 Å². The molecule has 1 fully saturated rings. The largest absolute Gasteiger partial charge is 0.443 e. The molecule has 1 atom stereocenters. The number of ether oxygens (including phenoxy) is 1. The zero-order valence-electron chi connectivity index (χ0n) is 16.3. The molecule has 2 aromatic rings. The van der Waals surface area contributed by atoms with Crippen LogP contribution in [-0.2, 0) is 22.4 Å². The van der Waals surface area contributed by atoms with Gasteiger partial charge in [-0.15, -0.1) is 0 Å². The Morgan fingerprint density at radius 3 is 2.19 bits per heavy atom. The van der Waals surface area contributed by atoms with Crippen LogP contribution in [0.2, 0.25) is 0 Å². The van der Waals surface area contributed by atoms with E-state index in [0.717, 1.165) is 18.4 Å². The molecular weight excluding hydrogens is 338 g/mol. The number of likely N-dealkylation sites (tertiary alicyclic amines) is 1. The van der Waals surface area contributed by atoms with Gasteiger partial charge in [0.1, 0.15) is 5.60 Å². The minimum atomic E-state index is -0.619. The van der Waals surface area contributed by atoms with Crippen molar-refractivity contribution in [2.75, 3.05) is 0 Å². The van der Waals surface area contributed by atoms with Crippen molar-refractivity contribution in [2.45, 2.75) is 58.1 Å². The van der Waals surface area contributed by atoms with Crippen LogP contribution in [0.5, 0.6) is 0 Å². The first kappa shape index (κ1) is 19.2. The first-order valence-electron chi connectivity index (χ1n) is 9.51. The topological polar surface area (TPSA) is 46.6 Å². The average molecular weight is 365 g/mol. The normalized spacial score (nSPS) is 17.2. The van der Waals surface area contributed by atoms with E-state index in [1.807, 2.05) is 39.0 Å². The summed E-state index contributed by atoms with van der Waals surface area (Å²) in [5, 5.41) is 0. The molecule has 4 heteroatoms. The standard InChI is InChI=1S/C23H27NO3/c1-23(2,3)27-22(26)24-20(15-16-21(24)25)19-13-11-18(12-14-19)10-9-17-7-5-4-6-8-17/h4-8,11-14,20H,9-10,15-16H2,1-3H3. The lowest BCUT2D eigenvalue weighted by molar-refractivity contribution is -0.128. The number of carbonyl (C=O) groups is 2. The maximum atomic E-state index is 12.5. The molecule has 0 saturated carbocycles. The molecule has 1 unspecified atom stereocenters. The molecule has 142 valence electrons. The number of imide groups is 1. The highest BCUT2D eigenvalue weighted by molar-refractivity contribution is 5.94. The highest BCUT2D eigenvalue weighted by atomic mass is 16.6. The Bertz CT molecular complexity index is 791. The summed E-state index contributed by atoms with van der Waals surface area (Å²) < 4.78 is 5.42. The SMILES string of the molecule is CC(C)(C)OC(=O)N1C(=O)CCC1c1ccc(CCc2ccccc2)cc1. The molecule has 3 rings (SSSR count). The summed E-state index contributed by atoms with van der Waals surface area (Å²) >= 11 is 0. The molecule has 1 heterocycles. The molecule has 2 amide bonds. The molecule has 2 aromatic carbocycles. The van der Waals surface area contributed by atoms with Crippen molar-refractivity contribution in [3.05, 3.63) is 71.3 Å². The van der Waals surface area contributed by atoms with E-state index in [-0.39, 0.29) is 11.9 Å². The van der Waals surface area contributed by atoms with Crippen molar-refractivity contribution in [2.24, 2.45) is 0 Å². The van der Waals surface area contributed by atoms with Crippen LogP contribution in [0, 0.1) is 0 Å². The first-order valence-corrected chi connectivity index (χ1v) is 9.51. The summed E-state index contributed by atoms with van der Waals surface area (Å²) in [6.07, 6.45) is 2.42. The quantitative estimate of drug-likeness (QED) is 0.760. The summed E-state index contributed by atoms with van der Waals surface area (Å²) in [6, 6.07) is 18.4. The third kappa shape index (κ3) is 4.97. The average Bonchev–Trinajstić information content (AvgIpc) is 3.01. The highest BCUT2D eigenvalue weighted by Crippen LogP contribution is 2.34. The van der Waals surface area contributed by atoms with Crippen LogP contribution in [0.4, 0.5) is 4.79 Å². The van der Waals surface area contributed by atoms with Crippen molar-refractivity contribution in [1.29, 1.82) is 0 Å². The Morgan fingerprint density at radius 1 is 1.00 bits per heavy atom. The molecular formula is C23H27NO3. The fourth-order valence-electron chi connectivity index (χ4n) is 3.38. The second kappa shape index (κ2) is 7.95. The van der Waals surface area contributed by atoms with Crippen molar-refractivity contribution in [3.8, 4) is 0 Å². The van der Waals surface area contributed by atoms with E-state index in [2.05, 4.69) is 36.4 Å². The van der Waals surface area contributed by atoms with Crippen LogP contribution in [-0.4, -0.2) is 22.5 Å². The number of rotatable bonds is 4. The predicted molar refractivity (Wildman–Crippen MR) is 105 cm³/mol. The van der Waals surface area contributed by atoms with Crippen molar-refractivity contribution >= 4 is 12.0 Å². The monoisotopic (exact) mass is 365 g/mol. The van der Waals surface area contributed by atoms with Crippen molar-refractivity contribution in [3.63, 3.8) is 0 Å². The van der Waals surface area contributed by atoms with Gasteiger partial charge in [0.25, 0.3) is 0 Å². The van der Waals surface area contributed by atoms with Gasteiger partial charge in [0, 0.05) is 6.42 Å². The molecule has 0 N–H and O–H groups in total. The van der Waals surface area contributed by atoms with Gasteiger partial charge in [0.2, 0.25) is 5.91 Å². The zero-order valence-corrected chi connectivity index (χ0v) is 16.3. The summed E-state index contributed by atoms with van der Waals surface area (Å²) in [6.45, 7) is 5.42. The third-order valence-electron chi connectivity index (χ3n) is 4.71. The van der Waals surface area contributed by atoms with Crippen LogP contribution >= 0.6 is 0 Å². The number of hydrogen-bond acceptors (Lipinski definition) is 3. The Kier molecular flexibility index (Phi) is 5.64. The van der Waals surface area contributed by atoms with E-state index < -0.39 is 11.7 Å². The van der Waals surface area contributed by atoms with Gasteiger partial charge in [-0.1, -0.05) is 54.6 Å². The lowest BCUT2D eigenvalue weighted by Gasteiger charge is -2.27. The van der Waals surface area contributed by atoms with Gasteiger partial charge < -0.3 is 4.74 Å². The fraction of sp³-hybridized carbons (Fsp3) is 0.391. The summed E-state index contributed by atoms with van der Waals surface area (Å²) in [7, 11) is 0. The molecule has 1 aliphatic heterocycles. The maximum absolute atomic E-state index is 12.5. The molecule has 0 radical (unpaired) electrons. The van der Waals surface area contributed by atoms with Gasteiger partial charge in [-0.2, -0.15) is 0 Å². The number of carbonyl (C=O) groups excluding carboxylic acids is 2. The molecule has 1 aliphatic rings. The third-order valence-corrected chi connectivity index (χ3v) is 4.71. The Morgan fingerprint density at radius 2 is 1.59 bits per heavy atom. The number of amides is 2. The zero-order chi connectivity index (χ0) is 19.4. The minimum absolute atomic E-state index is 0.164. The molecule has 0 aromatic heterocycles. The molecule has 0 spiro atoms. The predicted octanol–water partition coefficient (Wildman–Crippen LogP) is 5.07. The van der Waals surface area contributed by atoms with Gasteiger partial charge >= 0.3 is 6.09 Å². The van der Waals surface area contributed by atoms with Crippen molar-refractivity contribution < 1.29 is 14.3 Å². The highest BCUT2D eigenvalue weighted by Gasteiger charge is 2.39. The van der Waals surface area contributed by atoms with E-state index in [1.54, 1.807) is 0 Å². The number of hydrogen-bond donors (Lipinski definition) is 0. The molecule has 0 bridgehead atoms. The van der Waals surface area contributed by atoms with Gasteiger partial charge in [0.05, 0.1) is 6.04 Å². The number of benzene rings is 2. The summed E-state index contributed by atoms with van der Waals surface area (Å²) in [4.78, 5) is 26.0. The van der Waals surface area contributed by atoms with Crippen molar-refractivity contribution in [1.82, 2.24) is 4.90 Å². The summed E-state index contributed by atoms with van der Waals surface area (Å²) in [5.74, 6) is -0.164. The van der Waals surface area contributed by atoms with E-state index in [1.165, 1.54) is 16.0 Å². The number of nitrogens with zero attached hydrogens (tertiary/aromatic N) is 1. The Hall–Kier alpha value is -2.62. The van der Waals surface area contributed by atoms with Crippen LogP contribution in [0.3, 0.4) is 0 Å². The van der Waals surface area contributed by atoms with Gasteiger partial charge in [-0.05, 0) is 56.7 Å².